The van der Waals surface area contributed by atoms with E-state index in [1.54, 1.807) is 0 Å². The molecule has 0 bridgehead atoms. The maximum atomic E-state index is 5.64. The van der Waals surface area contributed by atoms with Crippen LogP contribution in [0.1, 0.15) is 11.1 Å². The van der Waals surface area contributed by atoms with E-state index >= 15 is 0 Å². The van der Waals surface area contributed by atoms with Crippen molar-refractivity contribution in [1.82, 2.24) is 4.57 Å². The minimum absolute atomic E-state index is 0.666. The highest BCUT2D eigenvalue weighted by Gasteiger charge is 2.07. The molecule has 16 heavy (non-hydrogen) atoms. The first-order valence-corrected chi connectivity index (χ1v) is 5.74. The molecule has 0 saturated heterocycles. The molecule has 86 valence electrons. The average Bonchev–Trinajstić information content (AvgIpc) is 2.58. The van der Waals surface area contributed by atoms with Crippen LogP contribution in [0.2, 0.25) is 0 Å². The van der Waals surface area contributed by atoms with Gasteiger partial charge in [-0.2, -0.15) is 0 Å². The highest BCUT2D eigenvalue weighted by molar-refractivity contribution is 5.84. The van der Waals surface area contributed by atoms with Gasteiger partial charge in [0.15, 0.2) is 0 Å². The Kier molecular flexibility index (Phi) is 3.27. The number of hydrogen-bond donors (Lipinski definition) is 2. The zero-order valence-electron chi connectivity index (χ0n) is 9.74. The topological polar surface area (TPSA) is 57.0 Å². The smallest absolute Gasteiger partial charge is 0.0483 e. The molecule has 0 aliphatic rings. The maximum absolute atomic E-state index is 5.64. The Labute approximate surface area is 96.0 Å². The second-order valence-corrected chi connectivity index (χ2v) is 4.20. The lowest BCUT2D eigenvalue weighted by atomic mass is 10.1. The quantitative estimate of drug-likeness (QED) is 0.813. The van der Waals surface area contributed by atoms with Gasteiger partial charge in [0.25, 0.3) is 0 Å². The molecule has 0 radical (unpaired) electrons. The summed E-state index contributed by atoms with van der Waals surface area (Å²) in [5.74, 6) is 0. The number of benzene rings is 1. The second-order valence-electron chi connectivity index (χ2n) is 4.20. The molecule has 0 aliphatic heterocycles. The molecule has 0 atom stereocenters. The average molecular weight is 217 g/mol. The van der Waals surface area contributed by atoms with Crippen LogP contribution in [0, 0.1) is 6.92 Å². The molecule has 1 heterocycles. The van der Waals surface area contributed by atoms with Crippen molar-refractivity contribution in [2.45, 2.75) is 19.9 Å². The number of aryl methyl sites for hydroxylation is 1. The van der Waals surface area contributed by atoms with Crippen molar-refractivity contribution in [3.63, 3.8) is 0 Å². The molecule has 4 N–H and O–H groups in total. The normalized spacial score (nSPS) is 11.2. The highest BCUT2D eigenvalue weighted by atomic mass is 15.0. The van der Waals surface area contributed by atoms with Gasteiger partial charge < -0.3 is 16.0 Å². The Balaban J connectivity index is 2.56. The third-order valence-corrected chi connectivity index (χ3v) is 2.90. The summed E-state index contributed by atoms with van der Waals surface area (Å²) in [4.78, 5) is 0. The largest absolute Gasteiger partial charge is 0.346 e. The predicted octanol–water partition coefficient (Wildman–Crippen LogP) is 1.41. The molecule has 3 nitrogen and oxygen atoms in total. The third kappa shape index (κ3) is 1.96. The van der Waals surface area contributed by atoms with E-state index in [4.69, 9.17) is 11.5 Å². The fourth-order valence-electron chi connectivity index (χ4n) is 2.16. The second kappa shape index (κ2) is 4.68. The molecular formula is C13H19N3. The number of nitrogens with two attached hydrogens (primary N) is 2. The van der Waals surface area contributed by atoms with Crippen LogP contribution < -0.4 is 11.5 Å². The third-order valence-electron chi connectivity index (χ3n) is 2.90. The van der Waals surface area contributed by atoms with Gasteiger partial charge in [0, 0.05) is 30.2 Å². The van der Waals surface area contributed by atoms with E-state index in [0.29, 0.717) is 13.1 Å². The summed E-state index contributed by atoms with van der Waals surface area (Å²) in [6.07, 6.45) is 3.11. The number of fused-ring (bicyclic) bond motifs is 1. The zero-order chi connectivity index (χ0) is 11.5. The van der Waals surface area contributed by atoms with Crippen molar-refractivity contribution in [3.8, 4) is 0 Å². The standard InChI is InChI=1S/C13H19N3/c1-10-2-3-13-12(8-10)11(4-5-14)9-16(13)7-6-15/h2-3,8-9H,4-7,14-15H2,1H3. The molecule has 0 unspecified atom stereocenters. The molecular weight excluding hydrogens is 198 g/mol. The first kappa shape index (κ1) is 11.2. The van der Waals surface area contributed by atoms with E-state index in [-0.39, 0.29) is 0 Å². The van der Waals surface area contributed by atoms with Gasteiger partial charge >= 0.3 is 0 Å². The first-order valence-electron chi connectivity index (χ1n) is 5.74. The van der Waals surface area contributed by atoms with Crippen LogP contribution in [0.4, 0.5) is 0 Å². The number of aromatic nitrogens is 1. The van der Waals surface area contributed by atoms with Crippen molar-refractivity contribution in [2.75, 3.05) is 13.1 Å². The van der Waals surface area contributed by atoms with Gasteiger partial charge in [-0.05, 0) is 37.6 Å². The van der Waals surface area contributed by atoms with Crippen LogP contribution in [-0.4, -0.2) is 17.7 Å². The minimum Gasteiger partial charge on any atom is -0.346 e. The molecule has 0 aliphatic carbocycles. The van der Waals surface area contributed by atoms with Crippen LogP contribution in [0.5, 0.6) is 0 Å². The molecule has 1 aromatic heterocycles. The molecule has 0 saturated carbocycles. The van der Waals surface area contributed by atoms with E-state index in [1.807, 2.05) is 0 Å². The lowest BCUT2D eigenvalue weighted by Gasteiger charge is -2.02. The van der Waals surface area contributed by atoms with E-state index < -0.39 is 0 Å². The number of hydrogen-bond acceptors (Lipinski definition) is 2. The molecule has 0 amide bonds. The Morgan fingerprint density at radius 3 is 2.69 bits per heavy atom. The van der Waals surface area contributed by atoms with Crippen LogP contribution in [0.3, 0.4) is 0 Å². The summed E-state index contributed by atoms with van der Waals surface area (Å²) in [5, 5.41) is 1.32. The van der Waals surface area contributed by atoms with Crippen LogP contribution in [0.25, 0.3) is 10.9 Å². The summed E-state index contributed by atoms with van der Waals surface area (Å²) in [5.41, 5.74) is 15.1. The lowest BCUT2D eigenvalue weighted by molar-refractivity contribution is 0.731. The van der Waals surface area contributed by atoms with Gasteiger partial charge in [-0.3, -0.25) is 0 Å². The van der Waals surface area contributed by atoms with Gasteiger partial charge in [-0.15, -0.1) is 0 Å². The van der Waals surface area contributed by atoms with Crippen molar-refractivity contribution in [1.29, 1.82) is 0 Å². The van der Waals surface area contributed by atoms with Crippen LogP contribution in [-0.2, 0) is 13.0 Å². The van der Waals surface area contributed by atoms with Gasteiger partial charge in [-0.1, -0.05) is 11.6 Å². The van der Waals surface area contributed by atoms with E-state index in [9.17, 15) is 0 Å². The highest BCUT2D eigenvalue weighted by Crippen LogP contribution is 2.22. The fraction of sp³-hybridized carbons (Fsp3) is 0.385. The van der Waals surface area contributed by atoms with Gasteiger partial charge in [0.2, 0.25) is 0 Å². The number of rotatable bonds is 4. The Hall–Kier alpha value is -1.32. The summed E-state index contributed by atoms with van der Waals surface area (Å²) in [7, 11) is 0. The Morgan fingerprint density at radius 2 is 2.00 bits per heavy atom. The van der Waals surface area contributed by atoms with E-state index in [1.165, 1.54) is 22.0 Å². The number of nitrogens with zero attached hydrogens (tertiary/aromatic N) is 1. The molecule has 0 spiro atoms. The lowest BCUT2D eigenvalue weighted by Crippen LogP contribution is -2.08. The van der Waals surface area contributed by atoms with Crippen molar-refractivity contribution >= 4 is 10.9 Å². The SMILES string of the molecule is Cc1ccc2c(c1)c(CCN)cn2CCN. The fourth-order valence-corrected chi connectivity index (χ4v) is 2.16. The van der Waals surface area contributed by atoms with Crippen LogP contribution >= 0.6 is 0 Å². The van der Waals surface area contributed by atoms with Crippen molar-refractivity contribution in [3.05, 3.63) is 35.5 Å². The Bertz CT molecular complexity index is 485. The van der Waals surface area contributed by atoms with Gasteiger partial charge in [0.1, 0.15) is 0 Å². The summed E-state index contributed by atoms with van der Waals surface area (Å²) >= 11 is 0. The maximum Gasteiger partial charge on any atom is 0.0483 e. The minimum atomic E-state index is 0.666. The van der Waals surface area contributed by atoms with E-state index in [0.717, 1.165) is 13.0 Å². The molecule has 2 aromatic rings. The van der Waals surface area contributed by atoms with E-state index in [2.05, 4.69) is 35.9 Å². The van der Waals surface area contributed by atoms with Crippen molar-refractivity contribution in [2.24, 2.45) is 11.5 Å². The monoisotopic (exact) mass is 217 g/mol. The Morgan fingerprint density at radius 1 is 1.19 bits per heavy atom. The zero-order valence-corrected chi connectivity index (χ0v) is 9.74. The van der Waals surface area contributed by atoms with Crippen LogP contribution in [0.15, 0.2) is 24.4 Å². The molecule has 1 aromatic carbocycles. The van der Waals surface area contributed by atoms with Crippen molar-refractivity contribution < 1.29 is 0 Å². The molecule has 0 fully saturated rings. The van der Waals surface area contributed by atoms with Gasteiger partial charge in [0.05, 0.1) is 0 Å². The molecule has 3 heteroatoms. The van der Waals surface area contributed by atoms with Gasteiger partial charge in [-0.25, -0.2) is 0 Å². The predicted molar refractivity (Wildman–Crippen MR) is 68.5 cm³/mol. The first-order chi connectivity index (χ1) is 7.76. The summed E-state index contributed by atoms with van der Waals surface area (Å²) in [6.45, 7) is 4.34. The summed E-state index contributed by atoms with van der Waals surface area (Å²) < 4.78 is 2.22. The summed E-state index contributed by atoms with van der Waals surface area (Å²) in [6, 6.07) is 6.54. The molecule has 2 rings (SSSR count).